The summed E-state index contributed by atoms with van der Waals surface area (Å²) in [5.41, 5.74) is 0.271. The normalized spacial score (nSPS) is 11.2. The highest BCUT2D eigenvalue weighted by atomic mass is 79.9. The van der Waals surface area contributed by atoms with Crippen LogP contribution in [0.3, 0.4) is 0 Å². The topological polar surface area (TPSA) is 113 Å². The van der Waals surface area contributed by atoms with E-state index in [2.05, 4.69) is 21.2 Å². The fraction of sp³-hybridized carbons (Fsp3) is 0.154. The second-order valence-corrected chi connectivity index (χ2v) is 9.81. The molecule has 1 amide bonds. The molecule has 0 spiro atoms. The van der Waals surface area contributed by atoms with Crippen LogP contribution in [0.1, 0.15) is 31.1 Å². The zero-order valence-electron chi connectivity index (χ0n) is 19.7. The van der Waals surface area contributed by atoms with Crippen LogP contribution in [0.4, 0.5) is 16.2 Å². The van der Waals surface area contributed by atoms with E-state index in [0.29, 0.717) is 22.3 Å². The number of nitrogens with one attached hydrogen (secondary N) is 1. The molecule has 1 heterocycles. The van der Waals surface area contributed by atoms with Gasteiger partial charge in [0, 0.05) is 33.4 Å². The van der Waals surface area contributed by atoms with Gasteiger partial charge in [0.15, 0.2) is 0 Å². The fourth-order valence-electron chi connectivity index (χ4n) is 3.41. The van der Waals surface area contributed by atoms with Gasteiger partial charge in [-0.3, -0.25) is 19.5 Å². The summed E-state index contributed by atoms with van der Waals surface area (Å²) in [4.78, 5) is 36.2. The van der Waals surface area contributed by atoms with Gasteiger partial charge in [-0.2, -0.15) is 0 Å². The molecule has 0 radical (unpaired) electrons. The quantitative estimate of drug-likeness (QED) is 0.208. The van der Waals surface area contributed by atoms with Gasteiger partial charge in [-0.25, -0.2) is 4.79 Å². The van der Waals surface area contributed by atoms with Crippen LogP contribution < -0.4 is 10.1 Å². The number of nitro benzene ring substituents is 1. The Bertz CT molecular complexity index is 1470. The number of halogens is 1. The average molecular weight is 552 g/mol. The van der Waals surface area contributed by atoms with Crippen molar-refractivity contribution in [2.24, 2.45) is 0 Å². The van der Waals surface area contributed by atoms with Crippen molar-refractivity contribution in [1.82, 2.24) is 4.57 Å². The number of anilines is 1. The number of amides is 1. The van der Waals surface area contributed by atoms with Crippen molar-refractivity contribution < 1.29 is 24.0 Å². The summed E-state index contributed by atoms with van der Waals surface area (Å²) in [6, 6.07) is 17.6. The van der Waals surface area contributed by atoms with Crippen LogP contribution in [0, 0.1) is 10.1 Å². The van der Waals surface area contributed by atoms with Crippen LogP contribution in [0.15, 0.2) is 77.4 Å². The number of nitro groups is 1. The summed E-state index contributed by atoms with van der Waals surface area (Å²) >= 11 is 3.32. The number of aromatic nitrogens is 1. The molecule has 0 unspecified atom stereocenters. The summed E-state index contributed by atoms with van der Waals surface area (Å²) < 4.78 is 13.4. The van der Waals surface area contributed by atoms with Crippen LogP contribution in [0.25, 0.3) is 10.9 Å². The molecule has 0 saturated carbocycles. The molecule has 0 saturated heterocycles. The molecule has 184 valence electrons. The van der Waals surface area contributed by atoms with Crippen molar-refractivity contribution in [2.75, 3.05) is 5.32 Å². The van der Waals surface area contributed by atoms with E-state index >= 15 is 0 Å². The van der Waals surface area contributed by atoms with Crippen LogP contribution >= 0.6 is 15.9 Å². The highest BCUT2D eigenvalue weighted by molar-refractivity contribution is 9.10. The third kappa shape index (κ3) is 5.72. The third-order valence-corrected chi connectivity index (χ3v) is 5.53. The molecule has 1 N–H and O–H groups in total. The number of benzene rings is 3. The number of ether oxygens (including phenoxy) is 2. The summed E-state index contributed by atoms with van der Waals surface area (Å²) in [5.74, 6) is -0.178. The van der Waals surface area contributed by atoms with E-state index in [1.165, 1.54) is 22.8 Å². The number of nitrogens with zero attached hydrogens (tertiary/aromatic N) is 2. The van der Waals surface area contributed by atoms with Crippen molar-refractivity contribution in [2.45, 2.75) is 26.4 Å². The van der Waals surface area contributed by atoms with Crippen molar-refractivity contribution in [3.8, 4) is 11.5 Å². The molecule has 4 rings (SSSR count). The molecule has 10 heteroatoms. The van der Waals surface area contributed by atoms with Gasteiger partial charge in [-0.15, -0.1) is 0 Å². The minimum Gasteiger partial charge on any atom is -0.450 e. The zero-order chi connectivity index (χ0) is 26.0. The maximum Gasteiger partial charge on any atom is 0.418 e. The summed E-state index contributed by atoms with van der Waals surface area (Å²) in [6.07, 6.45) is 1.07. The van der Waals surface area contributed by atoms with E-state index in [1.807, 2.05) is 0 Å². The number of rotatable bonds is 5. The number of fused-ring (bicyclic) bond motifs is 1. The Morgan fingerprint density at radius 3 is 2.39 bits per heavy atom. The first-order valence-electron chi connectivity index (χ1n) is 10.9. The lowest BCUT2D eigenvalue weighted by Gasteiger charge is -2.19. The molecule has 0 aliphatic carbocycles. The Morgan fingerprint density at radius 1 is 1.00 bits per heavy atom. The second kappa shape index (κ2) is 9.82. The number of hydrogen-bond acceptors (Lipinski definition) is 6. The van der Waals surface area contributed by atoms with Crippen molar-refractivity contribution in [3.63, 3.8) is 0 Å². The Kier molecular flexibility index (Phi) is 6.80. The molecule has 0 atom stereocenters. The lowest BCUT2D eigenvalue weighted by atomic mass is 10.1. The van der Waals surface area contributed by atoms with E-state index < -0.39 is 22.5 Å². The van der Waals surface area contributed by atoms with Crippen LogP contribution in [0.2, 0.25) is 0 Å². The lowest BCUT2D eigenvalue weighted by molar-refractivity contribution is -0.385. The Balaban J connectivity index is 1.56. The first-order chi connectivity index (χ1) is 17.0. The van der Waals surface area contributed by atoms with Gasteiger partial charge in [-0.05, 0) is 81.4 Å². The molecule has 0 bridgehead atoms. The van der Waals surface area contributed by atoms with E-state index in [4.69, 9.17) is 9.47 Å². The van der Waals surface area contributed by atoms with Gasteiger partial charge in [-0.1, -0.05) is 15.9 Å². The molecule has 4 aromatic rings. The SMILES string of the molecule is CC(C)(C)OC(=O)n1ccc2cc(Oc3ccc(C(=O)Nc4ccc(Br)cc4)cc3[N+](=O)[O-])ccc21. The highest BCUT2D eigenvalue weighted by Crippen LogP contribution is 2.34. The molecule has 36 heavy (non-hydrogen) atoms. The standard InChI is InChI=1S/C26H22BrN3O6/c1-26(2,3)36-25(32)29-13-12-16-14-20(9-10-21(16)29)35-23-11-4-17(15-22(23)30(33)34)24(31)28-19-7-5-18(27)6-8-19/h4-15H,1-3H3,(H,28,31). The number of carbonyl (C=O) groups is 2. The van der Waals surface area contributed by atoms with Crippen LogP contribution in [0.5, 0.6) is 11.5 Å². The number of carbonyl (C=O) groups excluding carboxylic acids is 2. The highest BCUT2D eigenvalue weighted by Gasteiger charge is 2.21. The minimum absolute atomic E-state index is 0.0221. The Morgan fingerprint density at radius 2 is 1.72 bits per heavy atom. The first kappa shape index (κ1) is 24.9. The maximum atomic E-state index is 12.6. The smallest absolute Gasteiger partial charge is 0.418 e. The molecule has 0 aliphatic rings. The van der Waals surface area contributed by atoms with Gasteiger partial charge < -0.3 is 14.8 Å². The van der Waals surface area contributed by atoms with Gasteiger partial charge in [0.1, 0.15) is 11.4 Å². The monoisotopic (exact) mass is 551 g/mol. The largest absolute Gasteiger partial charge is 0.450 e. The number of hydrogen-bond donors (Lipinski definition) is 1. The molecule has 9 nitrogen and oxygen atoms in total. The van der Waals surface area contributed by atoms with E-state index in [1.54, 1.807) is 75.5 Å². The van der Waals surface area contributed by atoms with Crippen LogP contribution in [-0.2, 0) is 4.74 Å². The fourth-order valence-corrected chi connectivity index (χ4v) is 3.67. The molecular weight excluding hydrogens is 530 g/mol. The van der Waals surface area contributed by atoms with Gasteiger partial charge >= 0.3 is 11.8 Å². The van der Waals surface area contributed by atoms with E-state index in [9.17, 15) is 19.7 Å². The zero-order valence-corrected chi connectivity index (χ0v) is 21.2. The van der Waals surface area contributed by atoms with Crippen LogP contribution in [-0.4, -0.2) is 27.1 Å². The average Bonchev–Trinajstić information content (AvgIpc) is 3.23. The molecule has 0 aliphatic heterocycles. The predicted octanol–water partition coefficient (Wildman–Crippen LogP) is 7.14. The summed E-state index contributed by atoms with van der Waals surface area (Å²) in [5, 5.41) is 15.1. The summed E-state index contributed by atoms with van der Waals surface area (Å²) in [6.45, 7) is 5.35. The molecule has 0 fully saturated rings. The third-order valence-electron chi connectivity index (χ3n) is 5.00. The molecular formula is C26H22BrN3O6. The first-order valence-corrected chi connectivity index (χ1v) is 11.7. The Hall–Kier alpha value is -4.18. The van der Waals surface area contributed by atoms with E-state index in [-0.39, 0.29) is 17.0 Å². The van der Waals surface area contributed by atoms with Crippen molar-refractivity contribution in [3.05, 3.63) is 93.1 Å². The maximum absolute atomic E-state index is 12.6. The second-order valence-electron chi connectivity index (χ2n) is 8.89. The molecule has 3 aromatic carbocycles. The van der Waals surface area contributed by atoms with Gasteiger partial charge in [0.05, 0.1) is 10.4 Å². The predicted molar refractivity (Wildman–Crippen MR) is 139 cm³/mol. The van der Waals surface area contributed by atoms with Crippen molar-refractivity contribution in [1.29, 1.82) is 0 Å². The minimum atomic E-state index is -0.642. The Labute approximate surface area is 214 Å². The molecule has 1 aromatic heterocycles. The van der Waals surface area contributed by atoms with Gasteiger partial charge in [0.25, 0.3) is 5.91 Å². The lowest BCUT2D eigenvalue weighted by Crippen LogP contribution is -2.26. The van der Waals surface area contributed by atoms with Gasteiger partial charge in [0.2, 0.25) is 5.75 Å². The summed E-state index contributed by atoms with van der Waals surface area (Å²) in [7, 11) is 0. The van der Waals surface area contributed by atoms with E-state index in [0.717, 1.165) is 4.47 Å². The van der Waals surface area contributed by atoms with Crippen molar-refractivity contribution >= 4 is 50.2 Å².